The minimum absolute atomic E-state index is 0.0356. The summed E-state index contributed by atoms with van der Waals surface area (Å²) in [5.74, 6) is 2.03. The normalized spacial score (nSPS) is 22.7. The van der Waals surface area contributed by atoms with Gasteiger partial charge in [-0.25, -0.2) is 9.97 Å². The fourth-order valence-electron chi connectivity index (χ4n) is 4.46. The minimum Gasteiger partial charge on any atom is -0.356 e. The van der Waals surface area contributed by atoms with E-state index in [1.165, 1.54) is 32.1 Å². The van der Waals surface area contributed by atoms with Crippen LogP contribution in [0.4, 0.5) is 5.82 Å². The van der Waals surface area contributed by atoms with Gasteiger partial charge in [0.05, 0.1) is 0 Å². The molecule has 1 amide bonds. The van der Waals surface area contributed by atoms with E-state index in [4.69, 9.17) is 4.98 Å². The smallest absolute Gasteiger partial charge is 0.270 e. The Balaban J connectivity index is 1.74. The zero-order chi connectivity index (χ0) is 16.0. The van der Waals surface area contributed by atoms with Crippen molar-refractivity contribution in [2.24, 2.45) is 5.41 Å². The third kappa shape index (κ3) is 2.50. The quantitative estimate of drug-likeness (QED) is 0.912. The first-order valence-corrected chi connectivity index (χ1v) is 9.02. The molecule has 1 saturated heterocycles. The van der Waals surface area contributed by atoms with Gasteiger partial charge in [-0.2, -0.15) is 0 Å². The molecule has 1 N–H and O–H groups in total. The molecule has 1 aromatic heterocycles. The molecule has 0 radical (unpaired) electrons. The number of carbonyl (C=O) groups is 1. The van der Waals surface area contributed by atoms with Crippen molar-refractivity contribution in [3.05, 3.63) is 17.1 Å². The Kier molecular flexibility index (Phi) is 3.54. The van der Waals surface area contributed by atoms with Crippen LogP contribution in [0, 0.1) is 5.41 Å². The highest BCUT2D eigenvalue weighted by molar-refractivity contribution is 5.96. The molecule has 0 unspecified atom stereocenters. The zero-order valence-electron chi connectivity index (χ0n) is 14.2. The van der Waals surface area contributed by atoms with E-state index in [1.54, 1.807) is 0 Å². The molecule has 1 aliphatic carbocycles. The predicted molar refractivity (Wildman–Crippen MR) is 89.9 cm³/mol. The first kappa shape index (κ1) is 14.9. The Morgan fingerprint density at radius 2 is 1.96 bits per heavy atom. The van der Waals surface area contributed by atoms with Gasteiger partial charge in [0.1, 0.15) is 17.3 Å². The number of anilines is 1. The topological polar surface area (TPSA) is 58.1 Å². The second-order valence-corrected chi connectivity index (χ2v) is 7.77. The molecule has 1 aromatic rings. The average Bonchev–Trinajstić information content (AvgIpc) is 3.17. The van der Waals surface area contributed by atoms with Crippen molar-refractivity contribution in [3.63, 3.8) is 0 Å². The van der Waals surface area contributed by atoms with Crippen LogP contribution in [0.1, 0.15) is 73.7 Å². The van der Waals surface area contributed by atoms with Crippen LogP contribution in [0.25, 0.3) is 0 Å². The third-order valence-corrected chi connectivity index (χ3v) is 5.80. The molecule has 3 heterocycles. The van der Waals surface area contributed by atoms with Gasteiger partial charge in [-0.05, 0) is 31.1 Å². The Bertz CT molecular complexity index is 634. The van der Waals surface area contributed by atoms with Gasteiger partial charge < -0.3 is 10.2 Å². The summed E-state index contributed by atoms with van der Waals surface area (Å²) < 4.78 is 0. The lowest BCUT2D eigenvalue weighted by Gasteiger charge is -2.28. The summed E-state index contributed by atoms with van der Waals surface area (Å²) in [5.41, 5.74) is 2.18. The molecule has 1 spiro atoms. The summed E-state index contributed by atoms with van der Waals surface area (Å²) in [7, 11) is 0. The fraction of sp³-hybridized carbons (Fsp3) is 0.722. The van der Waals surface area contributed by atoms with Gasteiger partial charge >= 0.3 is 0 Å². The van der Waals surface area contributed by atoms with Gasteiger partial charge in [0.15, 0.2) is 0 Å². The molecular weight excluding hydrogens is 288 g/mol. The molecule has 2 fully saturated rings. The Morgan fingerprint density at radius 3 is 2.70 bits per heavy atom. The molecule has 4 rings (SSSR count). The number of carbonyl (C=O) groups excluding carboxylic acids is 1. The van der Waals surface area contributed by atoms with Crippen molar-refractivity contribution < 1.29 is 4.79 Å². The highest BCUT2D eigenvalue weighted by atomic mass is 16.1. The van der Waals surface area contributed by atoms with E-state index in [9.17, 15) is 4.79 Å². The van der Waals surface area contributed by atoms with Gasteiger partial charge in [0.2, 0.25) is 0 Å². The van der Waals surface area contributed by atoms with Gasteiger partial charge in [-0.1, -0.05) is 26.7 Å². The van der Waals surface area contributed by atoms with Gasteiger partial charge in [-0.3, -0.25) is 4.79 Å². The molecule has 23 heavy (non-hydrogen) atoms. The number of amides is 1. The largest absolute Gasteiger partial charge is 0.356 e. The number of rotatable bonds is 2. The number of hydrogen-bond acceptors (Lipinski definition) is 4. The van der Waals surface area contributed by atoms with Crippen LogP contribution >= 0.6 is 0 Å². The third-order valence-electron chi connectivity index (χ3n) is 5.80. The summed E-state index contributed by atoms with van der Waals surface area (Å²) in [6, 6.07) is 0. The molecular formula is C18H26N4O. The van der Waals surface area contributed by atoms with Crippen molar-refractivity contribution >= 4 is 11.7 Å². The van der Waals surface area contributed by atoms with Crippen LogP contribution < -0.4 is 10.2 Å². The zero-order valence-corrected chi connectivity index (χ0v) is 14.2. The molecule has 0 aromatic carbocycles. The Labute approximate surface area is 137 Å². The molecule has 124 valence electrons. The summed E-state index contributed by atoms with van der Waals surface area (Å²) in [5, 5.41) is 2.92. The number of aromatic nitrogens is 2. The molecule has 0 atom stereocenters. The maximum absolute atomic E-state index is 12.3. The minimum atomic E-state index is -0.0356. The van der Waals surface area contributed by atoms with Crippen molar-refractivity contribution in [2.45, 2.75) is 58.3 Å². The highest BCUT2D eigenvalue weighted by Crippen LogP contribution is 2.46. The lowest BCUT2D eigenvalue weighted by molar-refractivity contribution is 0.0940. The number of nitrogens with one attached hydrogen (secondary N) is 1. The molecule has 3 aliphatic rings. The summed E-state index contributed by atoms with van der Waals surface area (Å²) in [4.78, 5) is 24.2. The van der Waals surface area contributed by atoms with Crippen LogP contribution in [0.5, 0.6) is 0 Å². The SMILES string of the molecule is CC(C)c1nc2c(c(N3CCC4(CCCC4)C3)n1)CCNC2=O. The van der Waals surface area contributed by atoms with E-state index < -0.39 is 0 Å². The van der Waals surface area contributed by atoms with Gasteiger partial charge in [0.25, 0.3) is 5.91 Å². The first-order valence-electron chi connectivity index (χ1n) is 9.02. The summed E-state index contributed by atoms with van der Waals surface area (Å²) in [6.45, 7) is 7.06. The molecule has 5 heteroatoms. The van der Waals surface area contributed by atoms with Crippen LogP contribution in [-0.2, 0) is 6.42 Å². The maximum Gasteiger partial charge on any atom is 0.270 e. The van der Waals surface area contributed by atoms with E-state index in [0.29, 0.717) is 17.7 Å². The van der Waals surface area contributed by atoms with Crippen LogP contribution in [0.2, 0.25) is 0 Å². The number of fused-ring (bicyclic) bond motifs is 1. The maximum atomic E-state index is 12.3. The summed E-state index contributed by atoms with van der Waals surface area (Å²) >= 11 is 0. The van der Waals surface area contributed by atoms with Crippen LogP contribution in [0.3, 0.4) is 0 Å². The molecule has 5 nitrogen and oxygen atoms in total. The van der Waals surface area contributed by atoms with Gasteiger partial charge in [-0.15, -0.1) is 0 Å². The van der Waals surface area contributed by atoms with E-state index in [-0.39, 0.29) is 11.8 Å². The average molecular weight is 314 g/mol. The van der Waals surface area contributed by atoms with E-state index in [0.717, 1.165) is 36.7 Å². The van der Waals surface area contributed by atoms with Crippen LogP contribution in [-0.4, -0.2) is 35.5 Å². The van der Waals surface area contributed by atoms with E-state index >= 15 is 0 Å². The van der Waals surface area contributed by atoms with Crippen molar-refractivity contribution in [3.8, 4) is 0 Å². The number of nitrogens with zero attached hydrogens (tertiary/aromatic N) is 3. The van der Waals surface area contributed by atoms with E-state index in [1.807, 2.05) is 0 Å². The predicted octanol–water partition coefficient (Wildman–Crippen LogP) is 2.66. The monoisotopic (exact) mass is 314 g/mol. The summed E-state index contributed by atoms with van der Waals surface area (Å²) in [6.07, 6.45) is 7.57. The number of hydrogen-bond donors (Lipinski definition) is 1. The lowest BCUT2D eigenvalue weighted by atomic mass is 9.86. The van der Waals surface area contributed by atoms with Crippen molar-refractivity contribution in [1.29, 1.82) is 0 Å². The Hall–Kier alpha value is -1.65. The second kappa shape index (κ2) is 5.46. The first-order chi connectivity index (χ1) is 11.1. The van der Waals surface area contributed by atoms with Gasteiger partial charge in [0, 0.05) is 31.1 Å². The fourth-order valence-corrected chi connectivity index (χ4v) is 4.46. The lowest BCUT2D eigenvalue weighted by Crippen LogP contribution is -2.36. The second-order valence-electron chi connectivity index (χ2n) is 7.77. The Morgan fingerprint density at radius 1 is 1.17 bits per heavy atom. The van der Waals surface area contributed by atoms with Crippen molar-refractivity contribution in [2.75, 3.05) is 24.5 Å². The molecule has 2 aliphatic heterocycles. The molecule has 1 saturated carbocycles. The van der Waals surface area contributed by atoms with Crippen molar-refractivity contribution in [1.82, 2.24) is 15.3 Å². The highest BCUT2D eigenvalue weighted by Gasteiger charge is 2.41. The van der Waals surface area contributed by atoms with E-state index in [2.05, 4.69) is 29.0 Å². The molecule has 0 bridgehead atoms. The standard InChI is InChI=1S/C18H26N4O/c1-12(2)15-20-14-13(5-9-19-17(14)23)16(21-15)22-10-8-18(11-22)6-3-4-7-18/h12H,3-11H2,1-2H3,(H,19,23). The van der Waals surface area contributed by atoms with Crippen LogP contribution in [0.15, 0.2) is 0 Å².